The van der Waals surface area contributed by atoms with E-state index in [-0.39, 0.29) is 6.42 Å². The zero-order valence-corrected chi connectivity index (χ0v) is 16.8. The number of carbonyl (C=O) groups is 1. The number of carboxylic acid groups (broad SMARTS) is 1. The van der Waals surface area contributed by atoms with Crippen LogP contribution < -0.4 is 0 Å². The predicted molar refractivity (Wildman–Crippen MR) is 114 cm³/mol. The minimum absolute atomic E-state index is 0.278. The second-order valence-electron chi connectivity index (χ2n) is 6.30. The van der Waals surface area contributed by atoms with Gasteiger partial charge < -0.3 is 5.11 Å². The molecule has 5 heteroatoms. The molecule has 27 heavy (non-hydrogen) atoms. The van der Waals surface area contributed by atoms with E-state index in [4.69, 9.17) is 10.1 Å². The van der Waals surface area contributed by atoms with Gasteiger partial charge in [0.05, 0.1) is 10.6 Å². The highest BCUT2D eigenvalue weighted by molar-refractivity contribution is 8.01. The summed E-state index contributed by atoms with van der Waals surface area (Å²) in [6.45, 7) is 0. The summed E-state index contributed by atoms with van der Waals surface area (Å²) in [5, 5.41) is 8.67. The van der Waals surface area contributed by atoms with Gasteiger partial charge in [0.1, 0.15) is 0 Å². The van der Waals surface area contributed by atoms with Crippen LogP contribution in [0.1, 0.15) is 32.1 Å². The van der Waals surface area contributed by atoms with Crippen LogP contribution in [-0.4, -0.2) is 21.8 Å². The van der Waals surface area contributed by atoms with Gasteiger partial charge in [0.15, 0.2) is 4.34 Å². The minimum atomic E-state index is -0.700. The molecule has 0 fully saturated rings. The lowest BCUT2D eigenvalue weighted by Crippen LogP contribution is -1.93. The Kier molecular flexibility index (Phi) is 7.48. The number of rotatable bonds is 10. The van der Waals surface area contributed by atoms with Crippen LogP contribution in [-0.2, 0) is 4.79 Å². The van der Waals surface area contributed by atoms with E-state index in [1.807, 2.05) is 24.3 Å². The van der Waals surface area contributed by atoms with Gasteiger partial charge in [0, 0.05) is 17.7 Å². The third kappa shape index (κ3) is 5.94. The first-order chi connectivity index (χ1) is 13.2. The van der Waals surface area contributed by atoms with Crippen molar-refractivity contribution in [1.82, 2.24) is 4.98 Å². The monoisotopic (exact) mass is 397 g/mol. The molecule has 140 valence electrons. The Morgan fingerprint density at radius 1 is 0.889 bits per heavy atom. The molecule has 0 bridgehead atoms. The van der Waals surface area contributed by atoms with Gasteiger partial charge in [-0.3, -0.25) is 4.79 Å². The van der Waals surface area contributed by atoms with Gasteiger partial charge in [-0.1, -0.05) is 85.3 Å². The normalized spacial score (nSPS) is 10.8. The van der Waals surface area contributed by atoms with Gasteiger partial charge in [-0.05, 0) is 18.4 Å². The van der Waals surface area contributed by atoms with Gasteiger partial charge in [-0.15, -0.1) is 11.3 Å². The summed E-state index contributed by atoms with van der Waals surface area (Å²) in [5.74, 6) is 0.317. The Morgan fingerprint density at radius 3 is 2.19 bits per heavy atom. The van der Waals surface area contributed by atoms with Crippen LogP contribution in [0.4, 0.5) is 0 Å². The van der Waals surface area contributed by atoms with E-state index in [1.54, 1.807) is 23.1 Å². The lowest BCUT2D eigenvalue weighted by atomic mass is 10.1. The van der Waals surface area contributed by atoms with Crippen LogP contribution in [0, 0.1) is 0 Å². The third-order valence-electron chi connectivity index (χ3n) is 4.20. The first kappa shape index (κ1) is 19.6. The van der Waals surface area contributed by atoms with Crippen molar-refractivity contribution in [2.24, 2.45) is 0 Å². The summed E-state index contributed by atoms with van der Waals surface area (Å²) >= 11 is 3.55. The fourth-order valence-electron chi connectivity index (χ4n) is 2.83. The van der Waals surface area contributed by atoms with Gasteiger partial charge in [-0.2, -0.15) is 0 Å². The van der Waals surface area contributed by atoms with Crippen LogP contribution in [0.5, 0.6) is 0 Å². The minimum Gasteiger partial charge on any atom is -0.481 e. The predicted octanol–water partition coefficient (Wildman–Crippen LogP) is 6.60. The van der Waals surface area contributed by atoms with Crippen LogP contribution in [0.15, 0.2) is 65.0 Å². The zero-order valence-electron chi connectivity index (χ0n) is 15.1. The molecule has 0 aliphatic rings. The Balaban J connectivity index is 1.65. The quantitative estimate of drug-likeness (QED) is 0.309. The Bertz CT molecular complexity index is 790. The molecule has 0 spiro atoms. The summed E-state index contributed by atoms with van der Waals surface area (Å²) in [4.78, 5) is 16.7. The number of thiazole rings is 1. The molecule has 3 rings (SSSR count). The van der Waals surface area contributed by atoms with E-state index >= 15 is 0 Å². The van der Waals surface area contributed by atoms with E-state index in [1.165, 1.54) is 10.4 Å². The smallest absolute Gasteiger partial charge is 0.303 e. The van der Waals surface area contributed by atoms with E-state index in [2.05, 4.69) is 36.4 Å². The summed E-state index contributed by atoms with van der Waals surface area (Å²) in [7, 11) is 0. The van der Waals surface area contributed by atoms with Crippen molar-refractivity contribution < 1.29 is 9.90 Å². The van der Waals surface area contributed by atoms with Crippen LogP contribution >= 0.6 is 23.1 Å². The SMILES string of the molecule is O=C(O)CCCCCCSc1nc(-c2ccccc2)c(-c2ccccc2)s1. The highest BCUT2D eigenvalue weighted by Gasteiger charge is 2.14. The molecule has 0 atom stereocenters. The molecule has 0 amide bonds. The second-order valence-corrected chi connectivity index (χ2v) is 8.64. The molecule has 0 saturated carbocycles. The molecule has 3 nitrogen and oxygen atoms in total. The number of hydrogen-bond acceptors (Lipinski definition) is 4. The topological polar surface area (TPSA) is 50.2 Å². The molecular weight excluding hydrogens is 374 g/mol. The number of hydrogen-bond donors (Lipinski definition) is 1. The Hall–Kier alpha value is -2.11. The molecule has 3 aromatic rings. The number of aromatic nitrogens is 1. The molecular formula is C22H23NO2S2. The molecule has 0 saturated heterocycles. The lowest BCUT2D eigenvalue weighted by Gasteiger charge is -2.02. The van der Waals surface area contributed by atoms with Crippen molar-refractivity contribution in [3.05, 3.63) is 60.7 Å². The summed E-state index contributed by atoms with van der Waals surface area (Å²) in [6, 6.07) is 20.8. The summed E-state index contributed by atoms with van der Waals surface area (Å²) in [6.07, 6.45) is 4.19. The first-order valence-electron chi connectivity index (χ1n) is 9.20. The fraction of sp³-hybridized carbons (Fsp3) is 0.273. The zero-order chi connectivity index (χ0) is 18.9. The number of carboxylic acids is 1. The van der Waals surface area contributed by atoms with Gasteiger partial charge in [0.2, 0.25) is 0 Å². The standard InChI is InChI=1S/C22H23NO2S2/c24-19(25)15-9-1-2-10-16-26-22-23-20(17-11-5-3-6-12-17)21(27-22)18-13-7-4-8-14-18/h3-8,11-14H,1-2,9-10,15-16H2,(H,24,25). The molecule has 0 unspecified atom stereocenters. The number of aliphatic carboxylic acids is 1. The highest BCUT2D eigenvalue weighted by atomic mass is 32.2. The van der Waals surface area contributed by atoms with Crippen LogP contribution in [0.25, 0.3) is 21.7 Å². The maximum absolute atomic E-state index is 10.5. The highest BCUT2D eigenvalue weighted by Crippen LogP contribution is 2.40. The molecule has 1 N–H and O–H groups in total. The third-order valence-corrected chi connectivity index (χ3v) is 6.53. The van der Waals surface area contributed by atoms with Crippen molar-refractivity contribution in [1.29, 1.82) is 0 Å². The summed E-state index contributed by atoms with van der Waals surface area (Å²) in [5.41, 5.74) is 3.40. The van der Waals surface area contributed by atoms with E-state index in [9.17, 15) is 4.79 Å². The Morgan fingerprint density at radius 2 is 1.52 bits per heavy atom. The van der Waals surface area contributed by atoms with Crippen LogP contribution in [0.2, 0.25) is 0 Å². The first-order valence-corrected chi connectivity index (χ1v) is 11.0. The lowest BCUT2D eigenvalue weighted by molar-refractivity contribution is -0.137. The van der Waals surface area contributed by atoms with E-state index < -0.39 is 5.97 Å². The van der Waals surface area contributed by atoms with Crippen molar-refractivity contribution >= 4 is 29.1 Å². The van der Waals surface area contributed by atoms with Gasteiger partial charge >= 0.3 is 5.97 Å². The molecule has 0 aliphatic carbocycles. The van der Waals surface area contributed by atoms with Crippen molar-refractivity contribution in [3.8, 4) is 21.7 Å². The van der Waals surface area contributed by atoms with Gasteiger partial charge in [0.25, 0.3) is 0 Å². The summed E-state index contributed by atoms with van der Waals surface area (Å²) < 4.78 is 1.10. The molecule has 2 aromatic carbocycles. The van der Waals surface area contributed by atoms with Crippen LogP contribution in [0.3, 0.4) is 0 Å². The molecule has 0 aliphatic heterocycles. The number of unbranched alkanes of at least 4 members (excludes halogenated alkanes) is 3. The van der Waals surface area contributed by atoms with Gasteiger partial charge in [-0.25, -0.2) is 4.98 Å². The average molecular weight is 398 g/mol. The Labute approximate surface area is 168 Å². The number of benzene rings is 2. The maximum Gasteiger partial charge on any atom is 0.303 e. The maximum atomic E-state index is 10.5. The average Bonchev–Trinajstić information content (AvgIpc) is 3.13. The molecule has 1 heterocycles. The largest absolute Gasteiger partial charge is 0.481 e. The van der Waals surface area contributed by atoms with E-state index in [0.29, 0.717) is 0 Å². The van der Waals surface area contributed by atoms with Crippen molar-refractivity contribution in [3.63, 3.8) is 0 Å². The molecule has 1 aromatic heterocycles. The van der Waals surface area contributed by atoms with E-state index in [0.717, 1.165) is 47.0 Å². The number of nitrogens with zero attached hydrogens (tertiary/aromatic N) is 1. The number of thioether (sulfide) groups is 1. The molecule has 0 radical (unpaired) electrons. The van der Waals surface area contributed by atoms with Crippen molar-refractivity contribution in [2.75, 3.05) is 5.75 Å². The second kappa shape index (κ2) is 10.3. The fourth-order valence-corrected chi connectivity index (χ4v) is 5.07. The van der Waals surface area contributed by atoms with Crippen molar-refractivity contribution in [2.45, 2.75) is 36.4 Å².